The van der Waals surface area contributed by atoms with Gasteiger partial charge in [0.25, 0.3) is 0 Å². The van der Waals surface area contributed by atoms with E-state index in [9.17, 15) is 0 Å². The van der Waals surface area contributed by atoms with Crippen LogP contribution in [-0.2, 0) is 6.54 Å². The van der Waals surface area contributed by atoms with Crippen molar-refractivity contribution in [3.05, 3.63) is 34.3 Å². The van der Waals surface area contributed by atoms with Crippen LogP contribution in [0.2, 0.25) is 0 Å². The van der Waals surface area contributed by atoms with Crippen LogP contribution < -0.4 is 0 Å². The summed E-state index contributed by atoms with van der Waals surface area (Å²) in [6, 6.07) is 8.58. The molecule has 1 aromatic rings. The Balaban J connectivity index is 2.53. The molecule has 1 aromatic carbocycles. The molecule has 0 aromatic heterocycles. The molecule has 0 saturated heterocycles. The van der Waals surface area contributed by atoms with E-state index in [1.54, 1.807) is 0 Å². The van der Waals surface area contributed by atoms with Gasteiger partial charge in [-0.05, 0) is 37.2 Å². The van der Waals surface area contributed by atoms with Gasteiger partial charge in [0, 0.05) is 11.0 Å². The first kappa shape index (κ1) is 11.7. The molecule has 14 heavy (non-hydrogen) atoms. The lowest BCUT2D eigenvalue weighted by atomic mass is 10.2. The zero-order valence-corrected chi connectivity index (χ0v) is 10.5. The summed E-state index contributed by atoms with van der Waals surface area (Å²) in [7, 11) is 0. The third-order valence-corrected chi connectivity index (χ3v) is 2.84. The van der Waals surface area contributed by atoms with Crippen molar-refractivity contribution in [3.63, 3.8) is 0 Å². The summed E-state index contributed by atoms with van der Waals surface area (Å²) < 4.78 is 1.15. The van der Waals surface area contributed by atoms with Crippen LogP contribution >= 0.6 is 15.9 Å². The summed E-state index contributed by atoms with van der Waals surface area (Å²) in [6.45, 7) is 7.83. The SMILES string of the molecule is CCCN(CC)Cc1ccc(Br)cc1. The summed E-state index contributed by atoms with van der Waals surface area (Å²) >= 11 is 3.45. The van der Waals surface area contributed by atoms with Gasteiger partial charge < -0.3 is 0 Å². The first-order valence-corrected chi connectivity index (χ1v) is 6.02. The van der Waals surface area contributed by atoms with Gasteiger partial charge in [-0.25, -0.2) is 0 Å². The molecule has 0 bridgehead atoms. The molecule has 0 heterocycles. The monoisotopic (exact) mass is 255 g/mol. The van der Waals surface area contributed by atoms with E-state index in [-0.39, 0.29) is 0 Å². The van der Waals surface area contributed by atoms with Crippen molar-refractivity contribution in [1.82, 2.24) is 4.90 Å². The van der Waals surface area contributed by atoms with Crippen LogP contribution in [0, 0.1) is 0 Å². The predicted molar refractivity (Wildman–Crippen MR) is 65.4 cm³/mol. The van der Waals surface area contributed by atoms with Gasteiger partial charge >= 0.3 is 0 Å². The molecule has 0 fully saturated rings. The smallest absolute Gasteiger partial charge is 0.0233 e. The summed E-state index contributed by atoms with van der Waals surface area (Å²) in [5, 5.41) is 0. The van der Waals surface area contributed by atoms with Gasteiger partial charge in [-0.15, -0.1) is 0 Å². The fourth-order valence-corrected chi connectivity index (χ4v) is 1.78. The van der Waals surface area contributed by atoms with E-state index in [0.717, 1.165) is 17.6 Å². The summed E-state index contributed by atoms with van der Waals surface area (Å²) in [6.07, 6.45) is 1.23. The second-order valence-corrected chi connectivity index (χ2v) is 4.41. The zero-order chi connectivity index (χ0) is 10.4. The maximum Gasteiger partial charge on any atom is 0.0233 e. The van der Waals surface area contributed by atoms with Crippen LogP contribution in [0.5, 0.6) is 0 Å². The van der Waals surface area contributed by atoms with E-state index in [1.807, 2.05) is 0 Å². The van der Waals surface area contributed by atoms with E-state index in [4.69, 9.17) is 0 Å². The van der Waals surface area contributed by atoms with Gasteiger partial charge in [-0.1, -0.05) is 41.9 Å². The average Bonchev–Trinajstić information content (AvgIpc) is 2.20. The lowest BCUT2D eigenvalue weighted by Crippen LogP contribution is -2.23. The molecular formula is C12H18BrN. The van der Waals surface area contributed by atoms with Gasteiger partial charge in [-0.3, -0.25) is 4.90 Å². The Morgan fingerprint density at radius 3 is 2.29 bits per heavy atom. The minimum atomic E-state index is 1.07. The molecule has 0 N–H and O–H groups in total. The van der Waals surface area contributed by atoms with Gasteiger partial charge in [0.1, 0.15) is 0 Å². The van der Waals surface area contributed by atoms with Crippen LogP contribution in [0.1, 0.15) is 25.8 Å². The van der Waals surface area contributed by atoms with Crippen LogP contribution in [0.15, 0.2) is 28.7 Å². The number of benzene rings is 1. The van der Waals surface area contributed by atoms with Crippen molar-refractivity contribution in [2.45, 2.75) is 26.8 Å². The zero-order valence-electron chi connectivity index (χ0n) is 8.96. The highest BCUT2D eigenvalue weighted by Crippen LogP contribution is 2.12. The summed E-state index contributed by atoms with van der Waals surface area (Å²) in [5.41, 5.74) is 1.39. The Bertz CT molecular complexity index is 256. The first-order valence-electron chi connectivity index (χ1n) is 5.23. The van der Waals surface area contributed by atoms with Gasteiger partial charge in [0.05, 0.1) is 0 Å². The largest absolute Gasteiger partial charge is 0.299 e. The van der Waals surface area contributed by atoms with Crippen LogP contribution in [-0.4, -0.2) is 18.0 Å². The first-order chi connectivity index (χ1) is 6.76. The maximum absolute atomic E-state index is 3.45. The lowest BCUT2D eigenvalue weighted by Gasteiger charge is -2.19. The van der Waals surface area contributed by atoms with Crippen molar-refractivity contribution in [3.8, 4) is 0 Å². The van der Waals surface area contributed by atoms with Crippen molar-refractivity contribution >= 4 is 15.9 Å². The standard InChI is InChI=1S/C12H18BrN/c1-3-9-14(4-2)10-11-5-7-12(13)8-6-11/h5-8H,3-4,9-10H2,1-2H3. The molecular weight excluding hydrogens is 238 g/mol. The number of nitrogens with zero attached hydrogens (tertiary/aromatic N) is 1. The number of hydrogen-bond donors (Lipinski definition) is 0. The van der Waals surface area contributed by atoms with E-state index >= 15 is 0 Å². The molecule has 0 saturated carbocycles. The van der Waals surface area contributed by atoms with Gasteiger partial charge in [-0.2, -0.15) is 0 Å². The Labute approximate surface area is 95.2 Å². The second kappa shape index (κ2) is 6.20. The average molecular weight is 256 g/mol. The van der Waals surface area contributed by atoms with Crippen molar-refractivity contribution < 1.29 is 0 Å². The molecule has 2 heteroatoms. The van der Waals surface area contributed by atoms with E-state index in [1.165, 1.54) is 18.5 Å². The molecule has 0 aliphatic carbocycles. The van der Waals surface area contributed by atoms with Crippen molar-refractivity contribution in [2.75, 3.05) is 13.1 Å². The third kappa shape index (κ3) is 3.81. The molecule has 0 amide bonds. The van der Waals surface area contributed by atoms with E-state index in [2.05, 4.69) is 58.9 Å². The van der Waals surface area contributed by atoms with E-state index < -0.39 is 0 Å². The minimum absolute atomic E-state index is 1.07. The maximum atomic E-state index is 3.45. The molecule has 0 unspecified atom stereocenters. The summed E-state index contributed by atoms with van der Waals surface area (Å²) in [4.78, 5) is 2.46. The van der Waals surface area contributed by atoms with Gasteiger partial charge in [0.2, 0.25) is 0 Å². The fraction of sp³-hybridized carbons (Fsp3) is 0.500. The minimum Gasteiger partial charge on any atom is -0.299 e. The quantitative estimate of drug-likeness (QED) is 0.776. The molecule has 0 aliphatic heterocycles. The molecule has 0 aliphatic rings. The Hall–Kier alpha value is -0.340. The van der Waals surface area contributed by atoms with Gasteiger partial charge in [0.15, 0.2) is 0 Å². The number of rotatable bonds is 5. The van der Waals surface area contributed by atoms with Crippen LogP contribution in [0.3, 0.4) is 0 Å². The Kier molecular flexibility index (Phi) is 5.20. The topological polar surface area (TPSA) is 3.24 Å². The predicted octanol–water partition coefficient (Wildman–Crippen LogP) is 3.68. The number of hydrogen-bond acceptors (Lipinski definition) is 1. The van der Waals surface area contributed by atoms with Crippen molar-refractivity contribution in [2.24, 2.45) is 0 Å². The molecule has 0 spiro atoms. The third-order valence-electron chi connectivity index (χ3n) is 2.31. The summed E-state index contributed by atoms with van der Waals surface area (Å²) in [5.74, 6) is 0. The highest BCUT2D eigenvalue weighted by molar-refractivity contribution is 9.10. The highest BCUT2D eigenvalue weighted by Gasteiger charge is 2.01. The lowest BCUT2D eigenvalue weighted by molar-refractivity contribution is 0.280. The molecule has 78 valence electrons. The van der Waals surface area contributed by atoms with Crippen LogP contribution in [0.4, 0.5) is 0 Å². The molecule has 0 radical (unpaired) electrons. The fourth-order valence-electron chi connectivity index (χ4n) is 1.51. The Morgan fingerprint density at radius 1 is 1.14 bits per heavy atom. The molecule has 1 nitrogen and oxygen atoms in total. The second-order valence-electron chi connectivity index (χ2n) is 3.50. The Morgan fingerprint density at radius 2 is 1.79 bits per heavy atom. The van der Waals surface area contributed by atoms with Crippen LogP contribution in [0.25, 0.3) is 0 Å². The van der Waals surface area contributed by atoms with E-state index in [0.29, 0.717) is 0 Å². The normalized spacial score (nSPS) is 10.9. The molecule has 0 atom stereocenters. The van der Waals surface area contributed by atoms with Crippen molar-refractivity contribution in [1.29, 1.82) is 0 Å². The number of halogens is 1. The highest BCUT2D eigenvalue weighted by atomic mass is 79.9. The molecule has 1 rings (SSSR count).